The molecule has 0 bridgehead atoms. The molecule has 7 heteroatoms. The van der Waals surface area contributed by atoms with E-state index in [-0.39, 0.29) is 17.7 Å². The molecule has 6 nitrogen and oxygen atoms in total. The summed E-state index contributed by atoms with van der Waals surface area (Å²) in [7, 11) is 0. The summed E-state index contributed by atoms with van der Waals surface area (Å²) in [5.74, 6) is -0.496. The second-order valence-corrected chi connectivity index (χ2v) is 6.58. The number of hydrogen-bond donors (Lipinski definition) is 3. The van der Waals surface area contributed by atoms with Crippen molar-refractivity contribution < 1.29 is 14.4 Å². The van der Waals surface area contributed by atoms with Crippen LogP contribution in [0.25, 0.3) is 0 Å². The first-order valence-corrected chi connectivity index (χ1v) is 8.90. The fourth-order valence-corrected chi connectivity index (χ4v) is 2.50. The van der Waals surface area contributed by atoms with Gasteiger partial charge < -0.3 is 16.0 Å². The Labute approximate surface area is 160 Å². The number of rotatable bonds is 7. The summed E-state index contributed by atoms with van der Waals surface area (Å²) in [6.45, 7) is 2.11. The lowest BCUT2D eigenvalue weighted by molar-refractivity contribution is -0.120. The molecular weight excluding hydrogens is 398 g/mol. The van der Waals surface area contributed by atoms with Crippen LogP contribution in [0.3, 0.4) is 0 Å². The summed E-state index contributed by atoms with van der Waals surface area (Å²) < 4.78 is 0.967. The minimum Gasteiger partial charge on any atom is -0.354 e. The van der Waals surface area contributed by atoms with Crippen LogP contribution in [0.15, 0.2) is 53.0 Å². The minimum atomic E-state index is -0.235. The number of amides is 3. The largest absolute Gasteiger partial charge is 0.354 e. The highest BCUT2D eigenvalue weighted by Crippen LogP contribution is 2.11. The third-order valence-electron chi connectivity index (χ3n) is 3.48. The molecule has 0 unspecified atom stereocenters. The van der Waals surface area contributed by atoms with E-state index in [0.29, 0.717) is 30.8 Å². The highest BCUT2D eigenvalue weighted by Gasteiger charge is 2.06. The van der Waals surface area contributed by atoms with Crippen molar-refractivity contribution in [2.75, 3.05) is 18.4 Å². The molecule has 0 aliphatic carbocycles. The van der Waals surface area contributed by atoms with Gasteiger partial charge in [-0.3, -0.25) is 14.4 Å². The predicted octanol–water partition coefficient (Wildman–Crippen LogP) is 2.50. The monoisotopic (exact) mass is 417 g/mol. The van der Waals surface area contributed by atoms with E-state index in [1.807, 2.05) is 24.3 Å². The maximum Gasteiger partial charge on any atom is 0.251 e. The highest BCUT2D eigenvalue weighted by atomic mass is 79.9. The van der Waals surface area contributed by atoms with Gasteiger partial charge in [-0.25, -0.2) is 0 Å². The average molecular weight is 418 g/mol. The van der Waals surface area contributed by atoms with Gasteiger partial charge in [-0.05, 0) is 42.0 Å². The molecule has 0 aliphatic heterocycles. The quantitative estimate of drug-likeness (QED) is 0.604. The smallest absolute Gasteiger partial charge is 0.251 e. The summed E-state index contributed by atoms with van der Waals surface area (Å²) in [5.41, 5.74) is 2.04. The van der Waals surface area contributed by atoms with Gasteiger partial charge in [-0.15, -0.1) is 0 Å². The van der Waals surface area contributed by atoms with E-state index in [0.717, 1.165) is 10.0 Å². The lowest BCUT2D eigenvalue weighted by atomic mass is 10.1. The van der Waals surface area contributed by atoms with Crippen LogP contribution in [0, 0.1) is 0 Å². The van der Waals surface area contributed by atoms with Crippen LogP contribution in [0.4, 0.5) is 5.69 Å². The molecule has 136 valence electrons. The van der Waals surface area contributed by atoms with Crippen molar-refractivity contribution >= 4 is 39.3 Å². The molecule has 2 rings (SSSR count). The Morgan fingerprint density at radius 2 is 1.50 bits per heavy atom. The van der Waals surface area contributed by atoms with Crippen molar-refractivity contribution in [2.24, 2.45) is 0 Å². The number of carbonyl (C=O) groups excluding carboxylic acids is 3. The van der Waals surface area contributed by atoms with Crippen molar-refractivity contribution in [3.05, 3.63) is 64.1 Å². The Hall–Kier alpha value is -2.67. The van der Waals surface area contributed by atoms with E-state index in [9.17, 15) is 14.4 Å². The number of hydrogen-bond acceptors (Lipinski definition) is 3. The summed E-state index contributed by atoms with van der Waals surface area (Å²) in [6, 6.07) is 14.1. The predicted molar refractivity (Wildman–Crippen MR) is 104 cm³/mol. The molecule has 2 aromatic carbocycles. The normalized spacial score (nSPS) is 10.1. The maximum atomic E-state index is 12.0. The van der Waals surface area contributed by atoms with E-state index in [1.165, 1.54) is 6.92 Å². The summed E-state index contributed by atoms with van der Waals surface area (Å²) in [4.78, 5) is 34.9. The van der Waals surface area contributed by atoms with Crippen molar-refractivity contribution in [2.45, 2.75) is 13.3 Å². The minimum absolute atomic E-state index is 0.0961. The zero-order valence-corrected chi connectivity index (χ0v) is 15.9. The third-order valence-corrected chi connectivity index (χ3v) is 4.01. The maximum absolute atomic E-state index is 12.0. The molecule has 0 radical (unpaired) electrons. The lowest BCUT2D eigenvalue weighted by Gasteiger charge is -2.08. The van der Waals surface area contributed by atoms with Crippen LogP contribution in [-0.4, -0.2) is 30.8 Å². The van der Waals surface area contributed by atoms with Crippen molar-refractivity contribution in [3.63, 3.8) is 0 Å². The molecule has 2 aromatic rings. The van der Waals surface area contributed by atoms with Crippen LogP contribution in [0.1, 0.15) is 22.8 Å². The average Bonchev–Trinajstić information content (AvgIpc) is 2.60. The van der Waals surface area contributed by atoms with Gasteiger partial charge in [0, 0.05) is 35.7 Å². The molecule has 3 N–H and O–H groups in total. The summed E-state index contributed by atoms with van der Waals surface area (Å²) >= 11 is 3.35. The van der Waals surface area contributed by atoms with Crippen LogP contribution >= 0.6 is 15.9 Å². The van der Waals surface area contributed by atoms with E-state index in [1.54, 1.807) is 24.3 Å². The van der Waals surface area contributed by atoms with Crippen molar-refractivity contribution in [1.29, 1.82) is 0 Å². The molecule has 0 aromatic heterocycles. The van der Waals surface area contributed by atoms with E-state index >= 15 is 0 Å². The van der Waals surface area contributed by atoms with Crippen molar-refractivity contribution in [3.8, 4) is 0 Å². The molecule has 0 spiro atoms. The van der Waals surface area contributed by atoms with Crippen molar-refractivity contribution in [1.82, 2.24) is 10.6 Å². The molecule has 0 saturated carbocycles. The fraction of sp³-hybridized carbons (Fsp3) is 0.211. The highest BCUT2D eigenvalue weighted by molar-refractivity contribution is 9.10. The lowest BCUT2D eigenvalue weighted by Crippen LogP contribution is -2.35. The zero-order chi connectivity index (χ0) is 18.9. The first kappa shape index (κ1) is 19.7. The second-order valence-electron chi connectivity index (χ2n) is 5.67. The number of halogens is 1. The molecule has 3 amide bonds. The van der Waals surface area contributed by atoms with Gasteiger partial charge in [-0.2, -0.15) is 0 Å². The Bertz CT molecular complexity index is 774. The van der Waals surface area contributed by atoms with E-state index in [4.69, 9.17) is 0 Å². The topological polar surface area (TPSA) is 87.3 Å². The van der Waals surface area contributed by atoms with Gasteiger partial charge in [-0.1, -0.05) is 28.1 Å². The number of carbonyl (C=O) groups is 3. The first-order valence-electron chi connectivity index (χ1n) is 8.11. The van der Waals surface area contributed by atoms with Crippen LogP contribution in [-0.2, 0) is 16.0 Å². The molecule has 0 heterocycles. The fourth-order valence-electron chi connectivity index (χ4n) is 2.24. The Morgan fingerprint density at radius 3 is 2.12 bits per heavy atom. The van der Waals surface area contributed by atoms with Gasteiger partial charge in [0.05, 0.1) is 6.42 Å². The Balaban J connectivity index is 1.70. The van der Waals surface area contributed by atoms with E-state index < -0.39 is 0 Å². The van der Waals surface area contributed by atoms with Crippen LogP contribution in [0.2, 0.25) is 0 Å². The van der Waals surface area contributed by atoms with Gasteiger partial charge in [0.2, 0.25) is 11.8 Å². The van der Waals surface area contributed by atoms with E-state index in [2.05, 4.69) is 31.9 Å². The Kier molecular flexibility index (Phi) is 7.35. The first-order chi connectivity index (χ1) is 12.4. The van der Waals surface area contributed by atoms with Crippen LogP contribution < -0.4 is 16.0 Å². The molecule has 0 aliphatic rings. The SMILES string of the molecule is CC(=O)Nc1ccc(C(=O)NCCNC(=O)Cc2ccc(Br)cc2)cc1. The molecule has 26 heavy (non-hydrogen) atoms. The summed E-state index contributed by atoms with van der Waals surface area (Å²) in [6.07, 6.45) is 0.297. The molecule has 0 fully saturated rings. The summed E-state index contributed by atoms with van der Waals surface area (Å²) in [5, 5.41) is 8.15. The molecule has 0 saturated heterocycles. The zero-order valence-electron chi connectivity index (χ0n) is 14.3. The van der Waals surface area contributed by atoms with Gasteiger partial charge in [0.15, 0.2) is 0 Å². The van der Waals surface area contributed by atoms with Gasteiger partial charge in [0.1, 0.15) is 0 Å². The van der Waals surface area contributed by atoms with Crippen LogP contribution in [0.5, 0.6) is 0 Å². The third kappa shape index (κ3) is 6.68. The number of nitrogens with one attached hydrogen (secondary N) is 3. The van der Waals surface area contributed by atoms with Gasteiger partial charge in [0.25, 0.3) is 5.91 Å². The Morgan fingerprint density at radius 1 is 0.885 bits per heavy atom. The second kappa shape index (κ2) is 9.72. The standard InChI is InChI=1S/C19H20BrN3O3/c1-13(24)23-17-8-4-15(5-9-17)19(26)22-11-10-21-18(25)12-14-2-6-16(20)7-3-14/h2-9H,10-12H2,1H3,(H,21,25)(H,22,26)(H,23,24). The molecule has 0 atom stereocenters. The molecular formula is C19H20BrN3O3. The van der Waals surface area contributed by atoms with Gasteiger partial charge >= 0.3 is 0 Å². The number of anilines is 1. The number of benzene rings is 2.